The number of carbonyl (C=O) groups is 5. The van der Waals surface area contributed by atoms with E-state index in [-0.39, 0.29) is 12.3 Å². The Bertz CT molecular complexity index is 1180. The van der Waals surface area contributed by atoms with Gasteiger partial charge in [-0.1, -0.05) is 58.7 Å². The normalized spacial score (nSPS) is 15.8. The Morgan fingerprint density at radius 3 is 2.08 bits per heavy atom. The van der Waals surface area contributed by atoms with Crippen LogP contribution in [-0.2, 0) is 30.4 Å². The molecule has 1 aromatic carbocycles. The molecule has 6 atom stereocenters. The number of hydrogen-bond acceptors (Lipinski definition) is 6. The number of nitrogens with one attached hydrogen (secondary N) is 4. The Balaban J connectivity index is 2.21. The van der Waals surface area contributed by atoms with Gasteiger partial charge in [-0.05, 0) is 23.5 Å². The molecule has 0 aliphatic rings. The largest absolute Gasteiger partial charge is 0.481 e. The maximum Gasteiger partial charge on any atom is 0.326 e. The van der Waals surface area contributed by atoms with E-state index in [1.54, 1.807) is 27.0 Å². The molecule has 0 fully saturated rings. The Kier molecular flexibility index (Phi) is 11.5. The average molecular weight is 546 g/mol. The lowest BCUT2D eigenvalue weighted by atomic mass is 9.96. The molecule has 12 heteroatoms. The lowest BCUT2D eigenvalue weighted by molar-refractivity contribution is -0.143. The first-order valence-corrected chi connectivity index (χ1v) is 13.1. The standard InChI is InChI=1S/C27H39N5O7/c1-5-14(3)22(28)25(36)30-19(12-21(33)34)24(35)32-23(15(4)6-2)26(37)31-20(27(38)39)11-16-13-29-18-10-8-7-9-17(16)18/h7-10,13-15,19-20,22-23,29H,5-6,11-12,28H2,1-4H3,(H,30,36)(H,31,37)(H,32,35)(H,33,34)(H,38,39). The minimum absolute atomic E-state index is 0.00252. The predicted molar refractivity (Wildman–Crippen MR) is 145 cm³/mol. The lowest BCUT2D eigenvalue weighted by Gasteiger charge is -2.28. The van der Waals surface area contributed by atoms with Crippen LogP contribution in [0, 0.1) is 11.8 Å². The molecule has 214 valence electrons. The van der Waals surface area contributed by atoms with Gasteiger partial charge in [-0.3, -0.25) is 19.2 Å². The fourth-order valence-electron chi connectivity index (χ4n) is 4.10. The number of hydrogen-bond donors (Lipinski definition) is 7. The van der Waals surface area contributed by atoms with Gasteiger partial charge in [0.15, 0.2) is 0 Å². The smallest absolute Gasteiger partial charge is 0.326 e. The van der Waals surface area contributed by atoms with Gasteiger partial charge in [0.2, 0.25) is 17.7 Å². The van der Waals surface area contributed by atoms with Crippen LogP contribution in [0.25, 0.3) is 10.9 Å². The zero-order valence-corrected chi connectivity index (χ0v) is 22.7. The van der Waals surface area contributed by atoms with Crippen LogP contribution < -0.4 is 21.7 Å². The van der Waals surface area contributed by atoms with E-state index in [2.05, 4.69) is 20.9 Å². The number of aromatic nitrogens is 1. The van der Waals surface area contributed by atoms with Crippen LogP contribution >= 0.6 is 0 Å². The second-order valence-corrected chi connectivity index (χ2v) is 9.91. The van der Waals surface area contributed by atoms with E-state index in [0.29, 0.717) is 18.4 Å². The van der Waals surface area contributed by atoms with Gasteiger partial charge >= 0.3 is 11.9 Å². The third kappa shape index (κ3) is 8.54. The summed E-state index contributed by atoms with van der Waals surface area (Å²) in [6, 6.07) is 2.46. The number of benzene rings is 1. The lowest BCUT2D eigenvalue weighted by Crippen LogP contribution is -2.59. The number of aromatic amines is 1. The van der Waals surface area contributed by atoms with Gasteiger partial charge in [0.1, 0.15) is 18.1 Å². The topological polar surface area (TPSA) is 204 Å². The summed E-state index contributed by atoms with van der Waals surface area (Å²) >= 11 is 0. The van der Waals surface area contributed by atoms with Crippen molar-refractivity contribution in [2.24, 2.45) is 17.6 Å². The Morgan fingerprint density at radius 2 is 1.49 bits per heavy atom. The summed E-state index contributed by atoms with van der Waals surface area (Å²) in [6.07, 6.45) is 2.01. The molecule has 2 rings (SSSR count). The first-order valence-electron chi connectivity index (χ1n) is 13.1. The molecule has 12 nitrogen and oxygen atoms in total. The molecule has 39 heavy (non-hydrogen) atoms. The van der Waals surface area contributed by atoms with Crippen molar-refractivity contribution in [1.82, 2.24) is 20.9 Å². The summed E-state index contributed by atoms with van der Waals surface area (Å²) in [7, 11) is 0. The van der Waals surface area contributed by atoms with Crippen LogP contribution in [0.5, 0.6) is 0 Å². The van der Waals surface area contributed by atoms with Crippen molar-refractivity contribution in [3.63, 3.8) is 0 Å². The first-order chi connectivity index (χ1) is 18.4. The molecular formula is C27H39N5O7. The molecule has 0 bridgehead atoms. The van der Waals surface area contributed by atoms with Crippen molar-refractivity contribution in [2.75, 3.05) is 0 Å². The van der Waals surface area contributed by atoms with Crippen molar-refractivity contribution in [1.29, 1.82) is 0 Å². The number of aliphatic carboxylic acids is 2. The quantitative estimate of drug-likeness (QED) is 0.172. The molecule has 0 saturated carbocycles. The van der Waals surface area contributed by atoms with E-state index >= 15 is 0 Å². The highest BCUT2D eigenvalue weighted by Gasteiger charge is 2.34. The van der Waals surface area contributed by atoms with Crippen LogP contribution in [0.3, 0.4) is 0 Å². The number of H-pyrrole nitrogens is 1. The molecule has 3 amide bonds. The second kappa shape index (κ2) is 14.3. The summed E-state index contributed by atoms with van der Waals surface area (Å²) in [5.74, 6) is -5.52. The van der Waals surface area contributed by atoms with E-state index in [4.69, 9.17) is 5.73 Å². The van der Waals surface area contributed by atoms with Gasteiger partial charge in [-0.25, -0.2) is 4.79 Å². The number of amides is 3. The average Bonchev–Trinajstić information content (AvgIpc) is 3.31. The number of nitrogens with two attached hydrogens (primary N) is 1. The van der Waals surface area contributed by atoms with Crippen LogP contribution in [0.1, 0.15) is 52.5 Å². The minimum Gasteiger partial charge on any atom is -0.481 e. The van der Waals surface area contributed by atoms with Crippen LogP contribution in [0.2, 0.25) is 0 Å². The molecule has 0 aliphatic carbocycles. The maximum absolute atomic E-state index is 13.3. The molecule has 0 saturated heterocycles. The van der Waals surface area contributed by atoms with Crippen molar-refractivity contribution >= 4 is 40.6 Å². The molecule has 0 radical (unpaired) electrons. The Morgan fingerprint density at radius 1 is 0.872 bits per heavy atom. The zero-order chi connectivity index (χ0) is 29.3. The third-order valence-electron chi connectivity index (χ3n) is 7.08. The number of carboxylic acids is 2. The highest BCUT2D eigenvalue weighted by atomic mass is 16.4. The highest BCUT2D eigenvalue weighted by Crippen LogP contribution is 2.19. The molecule has 0 spiro atoms. The van der Waals surface area contributed by atoms with Crippen molar-refractivity contribution < 1.29 is 34.2 Å². The summed E-state index contributed by atoms with van der Waals surface area (Å²) < 4.78 is 0. The summed E-state index contributed by atoms with van der Waals surface area (Å²) in [5, 5.41) is 27.4. The number of rotatable bonds is 15. The summed E-state index contributed by atoms with van der Waals surface area (Å²) in [5.41, 5.74) is 7.45. The van der Waals surface area contributed by atoms with Crippen molar-refractivity contribution in [3.8, 4) is 0 Å². The molecule has 0 aliphatic heterocycles. The van der Waals surface area contributed by atoms with Crippen molar-refractivity contribution in [2.45, 2.75) is 77.5 Å². The zero-order valence-electron chi connectivity index (χ0n) is 22.7. The van der Waals surface area contributed by atoms with E-state index < -0.39 is 66.2 Å². The molecular weight excluding hydrogens is 506 g/mol. The van der Waals surface area contributed by atoms with Crippen LogP contribution in [0.15, 0.2) is 30.5 Å². The number of carbonyl (C=O) groups excluding carboxylic acids is 3. The predicted octanol–water partition coefficient (Wildman–Crippen LogP) is 1.14. The van der Waals surface area contributed by atoms with Gasteiger partial charge in [-0.2, -0.15) is 0 Å². The van der Waals surface area contributed by atoms with E-state index in [9.17, 15) is 34.2 Å². The molecule has 1 heterocycles. The molecule has 2 aromatic rings. The molecule has 8 N–H and O–H groups in total. The molecule has 6 unspecified atom stereocenters. The monoisotopic (exact) mass is 545 g/mol. The van der Waals surface area contributed by atoms with E-state index in [0.717, 1.165) is 10.9 Å². The maximum atomic E-state index is 13.3. The van der Waals surface area contributed by atoms with Gasteiger partial charge < -0.3 is 36.9 Å². The van der Waals surface area contributed by atoms with Crippen LogP contribution in [0.4, 0.5) is 0 Å². The van der Waals surface area contributed by atoms with E-state index in [1.807, 2.05) is 31.2 Å². The number of para-hydroxylation sites is 1. The van der Waals surface area contributed by atoms with E-state index in [1.165, 1.54) is 0 Å². The van der Waals surface area contributed by atoms with Crippen LogP contribution in [-0.4, -0.2) is 69.0 Å². The SMILES string of the molecule is CCC(C)C(N)C(=O)NC(CC(=O)O)C(=O)NC(C(=O)NC(Cc1c[nH]c2ccccc12)C(=O)O)C(C)CC. The summed E-state index contributed by atoms with van der Waals surface area (Å²) in [4.78, 5) is 65.5. The Hall–Kier alpha value is -3.93. The van der Waals surface area contributed by atoms with Gasteiger partial charge in [0.05, 0.1) is 12.5 Å². The fraction of sp³-hybridized carbons (Fsp3) is 0.519. The van der Waals surface area contributed by atoms with Crippen molar-refractivity contribution in [3.05, 3.63) is 36.0 Å². The van der Waals surface area contributed by atoms with Gasteiger partial charge in [-0.15, -0.1) is 0 Å². The number of fused-ring (bicyclic) bond motifs is 1. The number of carboxylic acid groups (broad SMARTS) is 2. The first kappa shape index (κ1) is 31.3. The Labute approximate surface area is 227 Å². The van der Waals surface area contributed by atoms with Gasteiger partial charge in [0, 0.05) is 23.5 Å². The third-order valence-corrected chi connectivity index (χ3v) is 7.08. The second-order valence-electron chi connectivity index (χ2n) is 9.91. The minimum atomic E-state index is -1.48. The van der Waals surface area contributed by atoms with Gasteiger partial charge in [0.25, 0.3) is 0 Å². The molecule has 1 aromatic heterocycles. The highest BCUT2D eigenvalue weighted by molar-refractivity contribution is 5.96. The fourth-order valence-corrected chi connectivity index (χ4v) is 4.10. The summed E-state index contributed by atoms with van der Waals surface area (Å²) in [6.45, 7) is 7.09.